The zero-order valence-electron chi connectivity index (χ0n) is 49.4. The number of hydrogen-bond acceptors (Lipinski definition) is 4. The Morgan fingerprint density at radius 1 is 0.409 bits per heavy atom. The molecule has 2 heterocycles. The number of rotatable bonds is 12. The Labute approximate surface area is 519 Å². The van der Waals surface area contributed by atoms with Gasteiger partial charge in [-0.3, -0.25) is 0 Å². The molecule has 0 radical (unpaired) electrons. The van der Waals surface area contributed by atoms with Gasteiger partial charge in [-0.2, -0.15) is 0 Å². The summed E-state index contributed by atoms with van der Waals surface area (Å²) in [6, 6.07) is 74.7. The van der Waals surface area contributed by atoms with Gasteiger partial charge in [0.05, 0.1) is 48.9 Å². The molecule has 88 heavy (non-hydrogen) atoms. The van der Waals surface area contributed by atoms with Crippen molar-refractivity contribution in [3.63, 3.8) is 0 Å². The molecule has 2 aliphatic carbocycles. The van der Waals surface area contributed by atoms with Crippen molar-refractivity contribution in [3.05, 3.63) is 277 Å². The van der Waals surface area contributed by atoms with Gasteiger partial charge in [0.1, 0.15) is 11.6 Å². The Kier molecular flexibility index (Phi) is 13.2. The SMILES string of the molecule is CC(C)c1cc(N(c2c(F)cc(C3=CCCC=C3)cc2-c2ccccc2)c2cccc3c2sc2ccc#cc23)c2ccc3c(C(C)C)cc(N(c4c(F)cc(C5=CCCC=C5)cc4-c4ccccc4)c4cccc5c4sc4ccccc45)c4ccc1c2c34. The molecule has 2 nitrogen and oxygen atoms in total. The molecule has 0 spiro atoms. The molecule has 2 aromatic heterocycles. The van der Waals surface area contributed by atoms with Crippen LogP contribution in [0.4, 0.5) is 42.9 Å². The van der Waals surface area contributed by atoms with E-state index in [-0.39, 0.29) is 23.5 Å². The van der Waals surface area contributed by atoms with Crippen LogP contribution in [0, 0.1) is 23.8 Å². The van der Waals surface area contributed by atoms with E-state index >= 15 is 8.78 Å². The number of benzene rings is 11. The predicted octanol–water partition coefficient (Wildman–Crippen LogP) is 25.2. The van der Waals surface area contributed by atoms with Crippen molar-refractivity contribution in [2.24, 2.45) is 0 Å². The number of allylic oxidation sites excluding steroid dienone is 8. The van der Waals surface area contributed by atoms with Crippen LogP contribution in [0.15, 0.2) is 231 Å². The molecule has 2 aliphatic rings. The van der Waals surface area contributed by atoms with E-state index in [0.717, 1.165) is 167 Å². The largest absolute Gasteiger partial charge is 0.305 e. The molecule has 0 N–H and O–H groups in total. The first-order valence-electron chi connectivity index (χ1n) is 30.7. The zero-order valence-corrected chi connectivity index (χ0v) is 51.0. The number of fused-ring (bicyclic) bond motifs is 6. The first-order valence-corrected chi connectivity index (χ1v) is 32.3. The number of thiophene rings is 2. The lowest BCUT2D eigenvalue weighted by molar-refractivity contribution is 0.628. The van der Waals surface area contributed by atoms with Gasteiger partial charge in [0.15, 0.2) is 0 Å². The van der Waals surface area contributed by atoms with E-state index in [1.807, 2.05) is 42.5 Å². The second-order valence-corrected chi connectivity index (χ2v) is 26.2. The third-order valence-electron chi connectivity index (χ3n) is 18.1. The average molecular weight is 1180 g/mol. The maximum atomic E-state index is 18.8. The van der Waals surface area contributed by atoms with Crippen LogP contribution in [0.5, 0.6) is 0 Å². The van der Waals surface area contributed by atoms with Gasteiger partial charge in [0.25, 0.3) is 0 Å². The second-order valence-electron chi connectivity index (χ2n) is 24.1. The van der Waals surface area contributed by atoms with Crippen LogP contribution in [-0.4, -0.2) is 0 Å². The maximum Gasteiger partial charge on any atom is 0.148 e. The summed E-state index contributed by atoms with van der Waals surface area (Å²) in [7, 11) is 0. The molecular weight excluding hydrogens is 1120 g/mol. The smallest absolute Gasteiger partial charge is 0.148 e. The van der Waals surface area contributed by atoms with Crippen molar-refractivity contribution in [2.75, 3.05) is 9.80 Å². The van der Waals surface area contributed by atoms with Crippen molar-refractivity contribution >= 4 is 141 Å². The minimum absolute atomic E-state index is 0.0579. The summed E-state index contributed by atoms with van der Waals surface area (Å²) in [6.07, 6.45) is 16.8. The Morgan fingerprint density at radius 3 is 1.41 bits per heavy atom. The molecule has 0 bridgehead atoms. The monoisotopic (exact) mass is 1170 g/mol. The minimum Gasteiger partial charge on any atom is -0.305 e. The zero-order chi connectivity index (χ0) is 59.3. The van der Waals surface area contributed by atoms with Crippen molar-refractivity contribution in [3.8, 4) is 22.3 Å². The molecule has 0 atom stereocenters. The highest BCUT2D eigenvalue weighted by Crippen LogP contribution is 2.57. The molecule has 0 fully saturated rings. The maximum absolute atomic E-state index is 18.8. The highest BCUT2D eigenvalue weighted by Gasteiger charge is 2.33. The number of anilines is 6. The van der Waals surface area contributed by atoms with Gasteiger partial charge in [-0.25, -0.2) is 8.78 Å². The van der Waals surface area contributed by atoms with Crippen LogP contribution in [-0.2, 0) is 0 Å². The average Bonchev–Trinajstić information content (AvgIpc) is 1.07. The number of nitrogens with zero attached hydrogens (tertiary/aromatic N) is 2. The van der Waals surface area contributed by atoms with E-state index in [0.29, 0.717) is 11.4 Å². The fourth-order valence-electron chi connectivity index (χ4n) is 14.1. The lowest BCUT2D eigenvalue weighted by Gasteiger charge is -2.33. The quantitative estimate of drug-likeness (QED) is 0.113. The summed E-state index contributed by atoms with van der Waals surface area (Å²) in [4.78, 5) is 4.50. The minimum atomic E-state index is -0.320. The van der Waals surface area contributed by atoms with Gasteiger partial charge < -0.3 is 9.80 Å². The summed E-state index contributed by atoms with van der Waals surface area (Å²) in [5.74, 6) is -0.511. The summed E-state index contributed by atoms with van der Waals surface area (Å²) in [5, 5.41) is 10.7. The van der Waals surface area contributed by atoms with Gasteiger partial charge in [-0.1, -0.05) is 204 Å². The molecule has 0 aliphatic heterocycles. The fourth-order valence-corrected chi connectivity index (χ4v) is 16.4. The van der Waals surface area contributed by atoms with Crippen molar-refractivity contribution in [1.82, 2.24) is 0 Å². The standard InChI is InChI=1S/C82H60F2N2S2/c1-49(2)65-47-73(85(71-35-21-33-61-57-31-17-19-37-75(57)87-81(61)71)79-67(53-27-13-7-14-28-53)43-55(45-69(79)83)51-23-9-5-10-24-51)63-42-40-60-66(50(3)4)48-74(64-41-39-59(65)77(63)78(60)64)86(72-36-22-34-62-58-32-18-20-38-76(58)88-82(62)72)80-68(54-29-15-8-16-30-54)44-56(46-70(80)84)52-25-11-6-12-26-52/h7-9,11,13-17,19-31,33-50H,5-6,10,12H2,1-4H3. The Hall–Kier alpha value is -9.64. The van der Waals surface area contributed by atoms with Crippen LogP contribution in [0.1, 0.15) is 87.5 Å². The van der Waals surface area contributed by atoms with Crippen LogP contribution in [0.2, 0.25) is 0 Å². The van der Waals surface area contributed by atoms with E-state index in [1.54, 1.807) is 34.8 Å². The lowest BCUT2D eigenvalue weighted by atomic mass is 9.83. The molecule has 16 rings (SSSR count). The molecular formula is C82H60F2N2S2. The van der Waals surface area contributed by atoms with Gasteiger partial charge in [-0.05, 0) is 170 Å². The van der Waals surface area contributed by atoms with Crippen LogP contribution < -0.4 is 9.80 Å². The van der Waals surface area contributed by atoms with E-state index in [1.165, 1.54) is 10.1 Å². The second kappa shape index (κ2) is 21.6. The summed E-state index contributed by atoms with van der Waals surface area (Å²) in [5.41, 5.74) is 13.9. The molecule has 6 heteroatoms. The molecule has 14 aromatic rings. The topological polar surface area (TPSA) is 6.48 Å². The fraction of sp³-hybridized carbons (Fsp3) is 0.122. The molecule has 424 valence electrons. The van der Waals surface area contributed by atoms with Crippen molar-refractivity contribution in [2.45, 2.75) is 65.2 Å². The highest BCUT2D eigenvalue weighted by atomic mass is 32.1. The lowest BCUT2D eigenvalue weighted by Crippen LogP contribution is -2.16. The van der Waals surface area contributed by atoms with E-state index in [9.17, 15) is 0 Å². The van der Waals surface area contributed by atoms with Crippen LogP contribution >= 0.6 is 22.7 Å². The van der Waals surface area contributed by atoms with Crippen LogP contribution in [0.25, 0.3) is 106 Å². The van der Waals surface area contributed by atoms with Gasteiger partial charge >= 0.3 is 0 Å². The first-order chi connectivity index (χ1) is 43.2. The van der Waals surface area contributed by atoms with Gasteiger partial charge in [-0.15, -0.1) is 22.7 Å². The molecule has 0 saturated heterocycles. The summed E-state index contributed by atoms with van der Waals surface area (Å²) < 4.78 is 42.0. The summed E-state index contributed by atoms with van der Waals surface area (Å²) >= 11 is 3.46. The third-order valence-corrected chi connectivity index (χ3v) is 20.6. The Bertz CT molecular complexity index is 4920. The highest BCUT2D eigenvalue weighted by molar-refractivity contribution is 7.26. The van der Waals surface area contributed by atoms with Crippen LogP contribution in [0.3, 0.4) is 0 Å². The van der Waals surface area contributed by atoms with E-state index in [2.05, 4.69) is 226 Å². The molecule has 0 amide bonds. The molecule has 0 saturated carbocycles. The number of hydrogen-bond donors (Lipinski definition) is 0. The summed E-state index contributed by atoms with van der Waals surface area (Å²) in [6.45, 7) is 9.08. The third kappa shape index (κ3) is 8.77. The van der Waals surface area contributed by atoms with Gasteiger partial charge in [0, 0.05) is 47.5 Å². The van der Waals surface area contributed by atoms with E-state index in [4.69, 9.17) is 0 Å². The van der Waals surface area contributed by atoms with Gasteiger partial charge in [0.2, 0.25) is 0 Å². The van der Waals surface area contributed by atoms with Crippen molar-refractivity contribution in [1.29, 1.82) is 0 Å². The predicted molar refractivity (Wildman–Crippen MR) is 375 cm³/mol. The Balaban J connectivity index is 1.05. The molecule has 12 aromatic carbocycles. The number of halogens is 2. The first kappa shape index (κ1) is 53.8. The Morgan fingerprint density at radius 2 is 0.886 bits per heavy atom. The van der Waals surface area contributed by atoms with E-state index < -0.39 is 0 Å². The van der Waals surface area contributed by atoms with Crippen molar-refractivity contribution < 1.29 is 8.78 Å². The molecule has 0 unspecified atom stereocenters. The normalized spacial score (nSPS) is 13.5.